The highest BCUT2D eigenvalue weighted by atomic mass is 16.5. The van der Waals surface area contributed by atoms with Crippen LogP contribution in [0.1, 0.15) is 41.6 Å². The van der Waals surface area contributed by atoms with Gasteiger partial charge in [0.05, 0.1) is 36.7 Å². The Morgan fingerprint density at radius 3 is 1.00 bits per heavy atom. The van der Waals surface area contributed by atoms with Crippen LogP contribution < -0.4 is 93.2 Å². The van der Waals surface area contributed by atoms with E-state index in [1.807, 2.05) is 233 Å². The van der Waals surface area contributed by atoms with E-state index in [9.17, 15) is 8.22 Å². The molecule has 108 heavy (non-hydrogen) atoms. The van der Waals surface area contributed by atoms with E-state index in [4.69, 9.17) is 14.2 Å². The van der Waals surface area contributed by atoms with Gasteiger partial charge in [0.1, 0.15) is 34.5 Å². The lowest BCUT2D eigenvalue weighted by Gasteiger charge is -2.45. The minimum absolute atomic E-state index is 0.0114. The molecule has 0 fully saturated rings. The number of nitrogens with one attached hydrogen (secondary N) is 1. The summed E-state index contributed by atoms with van der Waals surface area (Å²) in [7, 11) is 0. The normalized spacial score (nSPS) is 13.9. The van der Waals surface area contributed by atoms with Gasteiger partial charge in [-0.05, 0) is 222 Å². The highest BCUT2D eigenvalue weighted by Crippen LogP contribution is 2.53. The second kappa shape index (κ2) is 24.7. The van der Waals surface area contributed by atoms with Gasteiger partial charge < -0.3 is 44.0 Å². The molecule has 6 aliphatic heterocycles. The molecule has 0 aromatic heterocycles. The second-order valence-electron chi connectivity index (χ2n) is 29.0. The summed E-state index contributed by atoms with van der Waals surface area (Å²) < 4.78 is 88.2. The molecule has 0 saturated carbocycles. The maximum Gasteiger partial charge on any atom is 0.256 e. The topological polar surface area (TPSA) is 55.9 Å². The van der Waals surface area contributed by atoms with Gasteiger partial charge in [-0.2, -0.15) is 0 Å². The fourth-order valence-electron chi connectivity index (χ4n) is 18.0. The van der Waals surface area contributed by atoms with Crippen LogP contribution in [-0.4, -0.2) is 20.1 Å². The molecular weight excluding hydrogens is 1320 g/mol. The number of para-hydroxylation sites is 8. The van der Waals surface area contributed by atoms with Gasteiger partial charge in [0.15, 0.2) is 0 Å². The Balaban J connectivity index is 0.887. The third kappa shape index (κ3) is 9.89. The van der Waals surface area contributed by atoms with Crippen LogP contribution in [0.5, 0.6) is 34.5 Å². The van der Waals surface area contributed by atoms with Crippen molar-refractivity contribution in [2.24, 2.45) is 0 Å². The minimum atomic E-state index is -0.767. The van der Waals surface area contributed by atoms with Crippen LogP contribution in [0.2, 0.25) is 0 Å². The van der Waals surface area contributed by atoms with Crippen LogP contribution in [0, 0.1) is 41.5 Å². The van der Waals surface area contributed by atoms with Crippen LogP contribution >= 0.6 is 0 Å². The standard InChI is InChI=1S/C96H71B3N6O3/c1-59-45-61(3)95(62(4)46-59)104-82-57-80-76(97-74-41-25-27-43-86(74)106-89-52-71(49-81(100-80)92(89)97)101(65-29-13-7-14-30-65)66-31-15-8-16-32-66)55-77(82)99-79-56-78-83(58-88(79)108-91-54-73(51-85(104)94(91)99)103(69-37-21-11-22-38-69)70-39-23-12-24-40-70)105(96-63(5)47-60(2)48-64(96)6)84-50-72(53-90-93(84)98(78)75-42-26-28-44-87(75)107-90)102(67-33-17-9-18-34-67)68-35-19-10-20-36-68/h7-58,100H,1-6H3/i49D,50D,51D,52D,53D,54D. The molecule has 0 bridgehead atoms. The van der Waals surface area contributed by atoms with Crippen molar-refractivity contribution in [2.45, 2.75) is 41.5 Å². The van der Waals surface area contributed by atoms with E-state index in [0.717, 1.165) is 129 Å². The predicted octanol–water partition coefficient (Wildman–Crippen LogP) is 19.4. The summed E-state index contributed by atoms with van der Waals surface area (Å²) in [5.41, 5.74) is 24.2. The molecule has 6 heterocycles. The van der Waals surface area contributed by atoms with Gasteiger partial charge in [-0.15, -0.1) is 0 Å². The monoisotopic (exact) mass is 1390 g/mol. The summed E-state index contributed by atoms with van der Waals surface area (Å²) in [4.78, 5) is 10.5. The number of anilines is 17. The fraction of sp³-hybridized carbons (Fsp3) is 0.0625. The number of nitrogens with zero attached hydrogens (tertiary/aromatic N) is 5. The second-order valence-corrected chi connectivity index (χ2v) is 29.0. The molecule has 6 aliphatic rings. The van der Waals surface area contributed by atoms with Gasteiger partial charge in [-0.3, -0.25) is 0 Å². The zero-order valence-electron chi connectivity index (χ0n) is 66.3. The molecule has 0 unspecified atom stereocenters. The molecule has 0 aliphatic carbocycles. The first kappa shape index (κ1) is 57.1. The maximum atomic E-state index is 11.5. The summed E-state index contributed by atoms with van der Waals surface area (Å²) in [5.74, 6) is 2.62. The Labute approximate surface area is 639 Å². The summed E-state index contributed by atoms with van der Waals surface area (Å²) in [6.45, 7) is 10.8. The van der Waals surface area contributed by atoms with Crippen molar-refractivity contribution in [1.82, 2.24) is 0 Å². The Hall–Kier alpha value is -13.3. The van der Waals surface area contributed by atoms with Crippen LogP contribution in [0.15, 0.2) is 315 Å². The molecule has 512 valence electrons. The molecule has 0 saturated heterocycles. The average Bonchev–Trinajstić information content (AvgIpc) is 0.684. The van der Waals surface area contributed by atoms with E-state index in [-0.39, 0.29) is 42.0 Å². The first-order valence-corrected chi connectivity index (χ1v) is 36.9. The van der Waals surface area contributed by atoms with Crippen LogP contribution in [0.25, 0.3) is 0 Å². The third-order valence-corrected chi connectivity index (χ3v) is 22.2. The van der Waals surface area contributed by atoms with E-state index in [0.29, 0.717) is 79.3 Å². The molecule has 12 heteroatoms. The van der Waals surface area contributed by atoms with Gasteiger partial charge >= 0.3 is 0 Å². The Morgan fingerprint density at radius 2 is 0.593 bits per heavy atom. The number of ether oxygens (including phenoxy) is 3. The van der Waals surface area contributed by atoms with Gasteiger partial charge in [0, 0.05) is 92.4 Å². The number of aryl methyl sites for hydroxylation is 6. The van der Waals surface area contributed by atoms with Crippen molar-refractivity contribution in [1.29, 1.82) is 0 Å². The Bertz CT molecular complexity index is 6430. The van der Waals surface area contributed by atoms with Gasteiger partial charge in [-0.25, -0.2) is 0 Å². The van der Waals surface area contributed by atoms with E-state index >= 15 is 0 Å². The van der Waals surface area contributed by atoms with Gasteiger partial charge in [0.2, 0.25) is 0 Å². The van der Waals surface area contributed by atoms with E-state index in [1.165, 1.54) is 0 Å². The Morgan fingerprint density at radius 1 is 0.269 bits per heavy atom. The summed E-state index contributed by atoms with van der Waals surface area (Å²) in [6, 6.07) is 94.1. The van der Waals surface area contributed by atoms with Crippen molar-refractivity contribution in [3.05, 3.63) is 349 Å². The largest absolute Gasteiger partial charge is 0.458 e. The fourth-order valence-corrected chi connectivity index (χ4v) is 18.0. The zero-order chi connectivity index (χ0) is 77.4. The molecule has 1 N–H and O–H groups in total. The lowest BCUT2D eigenvalue weighted by Crippen LogP contribution is -2.65. The molecule has 15 aromatic carbocycles. The van der Waals surface area contributed by atoms with E-state index in [1.54, 1.807) is 0 Å². The molecule has 0 spiro atoms. The summed E-state index contributed by atoms with van der Waals surface area (Å²) in [5, 5.41) is 3.95. The predicted molar refractivity (Wildman–Crippen MR) is 452 cm³/mol. The zero-order valence-corrected chi connectivity index (χ0v) is 60.3. The molecule has 0 radical (unpaired) electrons. The van der Waals surface area contributed by atoms with Crippen LogP contribution in [0.4, 0.5) is 96.7 Å². The van der Waals surface area contributed by atoms with Crippen molar-refractivity contribution in [3.8, 4) is 34.5 Å². The third-order valence-electron chi connectivity index (χ3n) is 22.2. The first-order valence-electron chi connectivity index (χ1n) is 39.9. The number of fused-ring (bicyclic) bond motifs is 12. The highest BCUT2D eigenvalue weighted by Gasteiger charge is 2.50. The Kier molecular flexibility index (Phi) is 13.0. The lowest BCUT2D eigenvalue weighted by molar-refractivity contribution is 0.487. The minimum Gasteiger partial charge on any atom is -0.458 e. The highest BCUT2D eigenvalue weighted by molar-refractivity contribution is 7.03. The number of benzene rings is 15. The molecule has 0 atom stereocenters. The maximum absolute atomic E-state index is 11.5. The van der Waals surface area contributed by atoms with Crippen molar-refractivity contribution in [3.63, 3.8) is 0 Å². The lowest BCUT2D eigenvalue weighted by atomic mass is 9.29. The number of hydrogen-bond acceptors (Lipinski definition) is 9. The molecule has 0 amide bonds. The first-order chi connectivity index (χ1) is 55.6. The van der Waals surface area contributed by atoms with E-state index in [2.05, 4.69) is 117 Å². The molecule has 9 nitrogen and oxygen atoms in total. The van der Waals surface area contributed by atoms with Gasteiger partial charge in [-0.1, -0.05) is 193 Å². The molecule has 15 aromatic rings. The number of rotatable bonds is 11. The smallest absolute Gasteiger partial charge is 0.256 e. The SMILES string of the molecule is [2H]c1c2c3c(c([2H])c1N(c1ccccc1)c1ccccc1)Oc1ccccc1B3c1cc3c(cc1N2)N(c1c(C)cc(C)cc1C)c1c([2H])c(N(c2ccccc2)c2ccccc2)c([2H])c2c1B3c1cc3c(cc1O2)N(c1c(C)cc(C)cc1C)c1c([2H])c(N(c2ccccc2)c2ccccc2)c([2H])c2c1B3c1ccccc1O2. The summed E-state index contributed by atoms with van der Waals surface area (Å²) >= 11 is 0. The molecule has 21 rings (SSSR count). The van der Waals surface area contributed by atoms with Gasteiger partial charge in [0.25, 0.3) is 20.1 Å². The summed E-state index contributed by atoms with van der Waals surface area (Å²) in [6.07, 6.45) is 0. The quantitative estimate of drug-likeness (QED) is 0.128. The van der Waals surface area contributed by atoms with Crippen molar-refractivity contribution < 1.29 is 22.4 Å². The molecular formula is C96H71B3N6O3. The van der Waals surface area contributed by atoms with Crippen molar-refractivity contribution in [2.75, 3.05) is 29.8 Å². The number of hydrogen-bond donors (Lipinski definition) is 1. The van der Waals surface area contributed by atoms with Crippen molar-refractivity contribution >= 4 is 166 Å². The average molecular weight is 1400 g/mol. The van der Waals surface area contributed by atoms with Crippen LogP contribution in [0.3, 0.4) is 0 Å². The van der Waals surface area contributed by atoms with Crippen LogP contribution in [-0.2, 0) is 0 Å². The van der Waals surface area contributed by atoms with E-state index < -0.39 is 20.1 Å².